The lowest BCUT2D eigenvalue weighted by Gasteiger charge is -2.12. The van der Waals surface area contributed by atoms with Crippen molar-refractivity contribution < 1.29 is 8.42 Å². The summed E-state index contributed by atoms with van der Waals surface area (Å²) >= 11 is 3.32. The van der Waals surface area contributed by atoms with Crippen molar-refractivity contribution in [2.75, 3.05) is 0 Å². The zero-order valence-corrected chi connectivity index (χ0v) is 12.7. The second-order valence-electron chi connectivity index (χ2n) is 4.09. The van der Waals surface area contributed by atoms with Crippen LogP contribution in [0.5, 0.6) is 0 Å². The Kier molecular flexibility index (Phi) is 4.38. The van der Waals surface area contributed by atoms with Gasteiger partial charge in [-0.2, -0.15) is 0 Å². The van der Waals surface area contributed by atoms with Gasteiger partial charge in [0.25, 0.3) is 0 Å². The van der Waals surface area contributed by atoms with Crippen LogP contribution in [0.2, 0.25) is 0 Å². The number of alkyl halides is 1. The second-order valence-corrected chi connectivity index (χ2v) is 6.37. The first kappa shape index (κ1) is 14.2. The number of nitrogens with zero attached hydrogens (tertiary/aromatic N) is 1. The van der Waals surface area contributed by atoms with Crippen LogP contribution in [0.25, 0.3) is 0 Å². The molecule has 102 valence electrons. The Labute approximate surface area is 120 Å². The van der Waals surface area contributed by atoms with Gasteiger partial charge in [-0.15, -0.1) is 0 Å². The molecule has 0 aliphatic rings. The van der Waals surface area contributed by atoms with E-state index in [1.165, 1.54) is 0 Å². The Morgan fingerprint density at radius 3 is 2.58 bits per heavy atom. The van der Waals surface area contributed by atoms with Crippen LogP contribution in [0.4, 0.5) is 0 Å². The maximum absolute atomic E-state index is 12.2. The van der Waals surface area contributed by atoms with E-state index in [1.54, 1.807) is 43.6 Å². The largest absolute Gasteiger partial charge is 0.347 e. The Morgan fingerprint density at radius 1 is 1.37 bits per heavy atom. The summed E-state index contributed by atoms with van der Waals surface area (Å²) in [6, 6.07) is 6.33. The number of imidazole rings is 1. The van der Waals surface area contributed by atoms with E-state index in [0.29, 0.717) is 11.2 Å². The van der Waals surface area contributed by atoms with Crippen molar-refractivity contribution >= 4 is 26.0 Å². The number of benzene rings is 1. The first-order valence-electron chi connectivity index (χ1n) is 5.69. The molecule has 2 N–H and O–H groups in total. The fraction of sp³-hybridized carbons (Fsp3) is 0.250. The van der Waals surface area contributed by atoms with E-state index in [0.717, 1.165) is 5.56 Å². The summed E-state index contributed by atoms with van der Waals surface area (Å²) in [5.41, 5.74) is 1.03. The highest BCUT2D eigenvalue weighted by Gasteiger charge is 2.19. The number of H-pyrrole nitrogens is 1. The molecule has 1 aromatic heterocycles. The van der Waals surface area contributed by atoms with Crippen LogP contribution in [0.3, 0.4) is 0 Å². The second kappa shape index (κ2) is 5.85. The third-order valence-corrected chi connectivity index (χ3v) is 4.85. The quantitative estimate of drug-likeness (QED) is 0.818. The molecule has 1 atom stereocenters. The van der Waals surface area contributed by atoms with Gasteiger partial charge in [0.15, 0.2) is 0 Å². The Balaban J connectivity index is 2.17. The van der Waals surface area contributed by atoms with Crippen molar-refractivity contribution in [3.05, 3.63) is 48.0 Å². The van der Waals surface area contributed by atoms with Crippen LogP contribution in [0.15, 0.2) is 41.6 Å². The molecular weight excluding hydrogens is 330 g/mol. The van der Waals surface area contributed by atoms with E-state index in [1.807, 2.05) is 0 Å². The third kappa shape index (κ3) is 3.43. The van der Waals surface area contributed by atoms with E-state index in [-0.39, 0.29) is 4.90 Å². The minimum atomic E-state index is -3.54. The molecule has 0 spiro atoms. The molecule has 2 rings (SSSR count). The number of hydrogen-bond donors (Lipinski definition) is 2. The van der Waals surface area contributed by atoms with E-state index in [2.05, 4.69) is 30.6 Å². The standard InChI is InChI=1S/C12H14BrN3O2S/c1-9(12-14-6-7-15-12)16-19(17,18)11-4-2-10(8-13)3-5-11/h2-7,9,16H,8H2,1H3,(H,14,15). The van der Waals surface area contributed by atoms with Gasteiger partial charge < -0.3 is 4.98 Å². The number of hydrogen-bond acceptors (Lipinski definition) is 3. The number of rotatable bonds is 5. The molecule has 0 saturated heterocycles. The lowest BCUT2D eigenvalue weighted by Crippen LogP contribution is -2.27. The zero-order valence-electron chi connectivity index (χ0n) is 10.3. The molecule has 0 radical (unpaired) electrons. The van der Waals surface area contributed by atoms with Crippen LogP contribution in [-0.2, 0) is 15.4 Å². The zero-order chi connectivity index (χ0) is 13.9. The molecule has 1 heterocycles. The molecule has 2 aromatic rings. The van der Waals surface area contributed by atoms with E-state index >= 15 is 0 Å². The number of nitrogens with one attached hydrogen (secondary N) is 2. The van der Waals surface area contributed by atoms with Crippen molar-refractivity contribution in [3.8, 4) is 0 Å². The van der Waals surface area contributed by atoms with E-state index < -0.39 is 16.1 Å². The highest BCUT2D eigenvalue weighted by molar-refractivity contribution is 9.08. The molecule has 1 unspecified atom stereocenters. The summed E-state index contributed by atoms with van der Waals surface area (Å²) in [5.74, 6) is 0.584. The molecule has 0 fully saturated rings. The number of sulfonamides is 1. The van der Waals surface area contributed by atoms with Crippen LogP contribution in [-0.4, -0.2) is 18.4 Å². The summed E-state index contributed by atoms with van der Waals surface area (Å²) in [5, 5.41) is 0.698. The molecule has 19 heavy (non-hydrogen) atoms. The Morgan fingerprint density at radius 2 is 2.05 bits per heavy atom. The molecule has 5 nitrogen and oxygen atoms in total. The van der Waals surface area contributed by atoms with E-state index in [4.69, 9.17) is 0 Å². The van der Waals surface area contributed by atoms with Crippen molar-refractivity contribution in [1.82, 2.24) is 14.7 Å². The lowest BCUT2D eigenvalue weighted by atomic mass is 10.2. The summed E-state index contributed by atoms with van der Waals surface area (Å²) in [7, 11) is -3.54. The normalized spacial score (nSPS) is 13.4. The maximum Gasteiger partial charge on any atom is 0.241 e. The van der Waals surface area contributed by atoms with Gasteiger partial charge in [0.05, 0.1) is 10.9 Å². The monoisotopic (exact) mass is 343 g/mol. The lowest BCUT2D eigenvalue weighted by molar-refractivity contribution is 0.561. The van der Waals surface area contributed by atoms with Gasteiger partial charge in [-0.25, -0.2) is 18.1 Å². The maximum atomic E-state index is 12.2. The number of aromatic amines is 1. The predicted molar refractivity (Wildman–Crippen MR) is 76.4 cm³/mol. The van der Waals surface area contributed by atoms with Gasteiger partial charge in [0, 0.05) is 17.7 Å². The molecular formula is C12H14BrN3O2S. The van der Waals surface area contributed by atoms with Crippen molar-refractivity contribution in [1.29, 1.82) is 0 Å². The molecule has 0 amide bonds. The predicted octanol–water partition coefficient (Wildman–Crippen LogP) is 2.34. The summed E-state index contributed by atoms with van der Waals surface area (Å²) in [6.45, 7) is 1.74. The first-order chi connectivity index (χ1) is 9.03. The summed E-state index contributed by atoms with van der Waals surface area (Å²) in [6.07, 6.45) is 3.25. The van der Waals surface area contributed by atoms with Crippen molar-refractivity contribution in [2.24, 2.45) is 0 Å². The fourth-order valence-electron chi connectivity index (χ4n) is 1.63. The molecule has 0 aliphatic heterocycles. The van der Waals surface area contributed by atoms with Gasteiger partial charge >= 0.3 is 0 Å². The summed E-state index contributed by atoms with van der Waals surface area (Å²) < 4.78 is 26.9. The Hall–Kier alpha value is -1.18. The van der Waals surface area contributed by atoms with E-state index in [9.17, 15) is 8.42 Å². The summed E-state index contributed by atoms with van der Waals surface area (Å²) in [4.78, 5) is 7.16. The Bertz CT molecular complexity index is 624. The SMILES string of the molecule is CC(NS(=O)(=O)c1ccc(CBr)cc1)c1ncc[nH]1. The van der Waals surface area contributed by atoms with Crippen LogP contribution in [0, 0.1) is 0 Å². The highest BCUT2D eigenvalue weighted by Crippen LogP contribution is 2.15. The minimum Gasteiger partial charge on any atom is -0.347 e. The van der Waals surface area contributed by atoms with Gasteiger partial charge in [0.2, 0.25) is 10.0 Å². The average molecular weight is 344 g/mol. The molecule has 7 heteroatoms. The topological polar surface area (TPSA) is 74.8 Å². The third-order valence-electron chi connectivity index (χ3n) is 2.65. The fourth-order valence-corrected chi connectivity index (χ4v) is 3.21. The average Bonchev–Trinajstić information content (AvgIpc) is 2.92. The highest BCUT2D eigenvalue weighted by atomic mass is 79.9. The van der Waals surface area contributed by atoms with Crippen LogP contribution >= 0.6 is 15.9 Å². The van der Waals surface area contributed by atoms with Gasteiger partial charge in [0.1, 0.15) is 5.82 Å². The van der Waals surface area contributed by atoms with Crippen LogP contribution in [0.1, 0.15) is 24.4 Å². The van der Waals surface area contributed by atoms with Gasteiger partial charge in [-0.1, -0.05) is 28.1 Å². The van der Waals surface area contributed by atoms with Gasteiger partial charge in [-0.3, -0.25) is 0 Å². The molecule has 0 aliphatic carbocycles. The smallest absolute Gasteiger partial charge is 0.241 e. The molecule has 0 saturated carbocycles. The number of aromatic nitrogens is 2. The van der Waals surface area contributed by atoms with Crippen molar-refractivity contribution in [3.63, 3.8) is 0 Å². The van der Waals surface area contributed by atoms with Crippen LogP contribution < -0.4 is 4.72 Å². The van der Waals surface area contributed by atoms with Gasteiger partial charge in [-0.05, 0) is 24.6 Å². The molecule has 1 aromatic carbocycles. The van der Waals surface area contributed by atoms with Crippen molar-refractivity contribution in [2.45, 2.75) is 23.2 Å². The molecule has 0 bridgehead atoms. The first-order valence-corrected chi connectivity index (χ1v) is 8.30. The minimum absolute atomic E-state index is 0.246. The number of halogens is 1.